The van der Waals surface area contributed by atoms with Crippen molar-refractivity contribution in [2.75, 3.05) is 5.32 Å². The minimum atomic E-state index is -4.32. The van der Waals surface area contributed by atoms with Crippen LogP contribution in [0.5, 0.6) is 11.5 Å². The van der Waals surface area contributed by atoms with Crippen LogP contribution in [-0.2, 0) is 17.7 Å². The predicted octanol–water partition coefficient (Wildman–Crippen LogP) is 3.81. The van der Waals surface area contributed by atoms with Crippen molar-refractivity contribution in [1.82, 2.24) is 15.3 Å². The second kappa shape index (κ2) is 14.0. The summed E-state index contributed by atoms with van der Waals surface area (Å²) in [7, 11) is -5.55. The van der Waals surface area contributed by atoms with Gasteiger partial charge in [0, 0.05) is 35.8 Å². The van der Waals surface area contributed by atoms with Crippen LogP contribution in [0.15, 0.2) is 103 Å². The van der Waals surface area contributed by atoms with Crippen molar-refractivity contribution >= 4 is 48.0 Å². The summed E-state index contributed by atoms with van der Waals surface area (Å²) in [6.07, 6.45) is 2.82. The molecule has 5 aromatic rings. The summed E-state index contributed by atoms with van der Waals surface area (Å²) in [5, 5.41) is 28.3. The van der Waals surface area contributed by atoms with Crippen molar-refractivity contribution < 1.29 is 29.1 Å². The minimum absolute atomic E-state index is 0.0462. The highest BCUT2D eigenvalue weighted by molar-refractivity contribution is 7.60. The molecule has 0 atom stereocenters. The molecule has 0 aliphatic heterocycles. The number of anilines is 1. The Kier molecular flexibility index (Phi) is 9.84. The number of nitrogens with one attached hydrogen (secondary N) is 2. The molecule has 11 nitrogen and oxygen atoms in total. The van der Waals surface area contributed by atoms with E-state index in [1.165, 1.54) is 24.7 Å². The Bertz CT molecular complexity index is 1950. The van der Waals surface area contributed by atoms with E-state index in [1.54, 1.807) is 36.4 Å². The summed E-state index contributed by atoms with van der Waals surface area (Å²) in [5.74, 6) is 1.73. The van der Waals surface area contributed by atoms with Crippen LogP contribution in [0.1, 0.15) is 27.8 Å². The van der Waals surface area contributed by atoms with Gasteiger partial charge in [0.25, 0.3) is 0 Å². The van der Waals surface area contributed by atoms with Crippen LogP contribution in [-0.4, -0.2) is 42.8 Å². The molecule has 0 saturated carbocycles. The average molecular weight is 637 g/mol. The number of hydrogen-bond donors (Lipinski definition) is 6. The van der Waals surface area contributed by atoms with Gasteiger partial charge in [-0.15, -0.1) is 0 Å². The van der Waals surface area contributed by atoms with Crippen molar-refractivity contribution in [2.45, 2.75) is 26.9 Å². The van der Waals surface area contributed by atoms with Crippen molar-refractivity contribution in [3.8, 4) is 11.5 Å². The fourth-order valence-corrected chi connectivity index (χ4v) is 5.48. The first-order valence-electron chi connectivity index (χ1n) is 14.3. The number of phenolic OH excluding ortho intramolecular Hbond substituents is 1. The van der Waals surface area contributed by atoms with Gasteiger partial charge >= 0.3 is 14.7 Å². The quantitative estimate of drug-likeness (QED) is 0.0542. The number of aromatic hydroxyl groups is 1. The molecule has 4 aromatic carbocycles. The third-order valence-corrected chi connectivity index (χ3v) is 8.38. The summed E-state index contributed by atoms with van der Waals surface area (Å²) in [5.41, 5.74) is 5.12. The molecular formula is C33H33BN5O6P. The van der Waals surface area contributed by atoms with Crippen LogP contribution in [0.2, 0.25) is 0 Å². The maximum atomic E-state index is 11.5. The molecule has 5 rings (SSSR count). The number of para-hydroxylation sites is 1. The number of fused-ring (bicyclic) bond motifs is 1. The summed E-state index contributed by atoms with van der Waals surface area (Å²) in [4.78, 5) is 31.6. The molecule has 0 bridgehead atoms. The molecule has 6 N–H and O–H groups in total. The number of phenols is 1. The van der Waals surface area contributed by atoms with Crippen LogP contribution < -0.4 is 26.1 Å². The number of aromatic nitrogens is 2. The van der Waals surface area contributed by atoms with E-state index >= 15 is 0 Å². The Hall–Kier alpha value is -5.00. The standard InChI is InChI=1S/C33H33BN5O6P/c1-4-35-32(36-19-24-11-15-26(16-12-24)46(42,43)44)27-17-8-21(2)31(22(27)3)45-34(41)25-13-9-23(10-14-25)18-37-33-28-6-5-7-29(40)30(28)38-20-39-33/h4-17,20,40-41H,1,18-19H2,2-3H3,(H,35,36)(H,37,38,39)(H2,42,43,44). The number of benzene rings is 4. The van der Waals surface area contributed by atoms with E-state index in [1.807, 2.05) is 44.2 Å². The van der Waals surface area contributed by atoms with Crippen molar-refractivity contribution in [2.24, 2.45) is 4.99 Å². The number of amidine groups is 1. The lowest BCUT2D eigenvalue weighted by Gasteiger charge is -2.19. The van der Waals surface area contributed by atoms with Crippen LogP contribution in [0.3, 0.4) is 0 Å². The zero-order chi connectivity index (χ0) is 32.8. The minimum Gasteiger partial charge on any atom is -0.532 e. The largest absolute Gasteiger partial charge is 0.560 e. The van der Waals surface area contributed by atoms with Gasteiger partial charge in [-0.25, -0.2) is 15.0 Å². The summed E-state index contributed by atoms with van der Waals surface area (Å²) >= 11 is 0. The first-order chi connectivity index (χ1) is 22.0. The molecule has 0 radical (unpaired) electrons. The maximum Gasteiger partial charge on any atom is 0.560 e. The van der Waals surface area contributed by atoms with Crippen LogP contribution >= 0.6 is 7.60 Å². The molecule has 0 fully saturated rings. The van der Waals surface area contributed by atoms with Gasteiger partial charge in [-0.3, -0.25) is 4.57 Å². The normalized spacial score (nSPS) is 11.7. The van der Waals surface area contributed by atoms with Crippen LogP contribution in [0.4, 0.5) is 5.82 Å². The fourth-order valence-electron chi connectivity index (χ4n) is 4.94. The molecule has 1 heterocycles. The van der Waals surface area contributed by atoms with E-state index in [-0.39, 0.29) is 11.1 Å². The van der Waals surface area contributed by atoms with Gasteiger partial charge in [-0.05, 0) is 60.3 Å². The van der Waals surface area contributed by atoms with Gasteiger partial charge < -0.3 is 35.2 Å². The molecule has 234 valence electrons. The third kappa shape index (κ3) is 7.44. The Morgan fingerprint density at radius 3 is 2.37 bits per heavy atom. The highest BCUT2D eigenvalue weighted by atomic mass is 31.2. The Balaban J connectivity index is 1.27. The zero-order valence-electron chi connectivity index (χ0n) is 25.3. The average Bonchev–Trinajstić information content (AvgIpc) is 3.04. The Labute approximate surface area is 266 Å². The number of rotatable bonds is 11. The van der Waals surface area contributed by atoms with Gasteiger partial charge in [-0.1, -0.05) is 61.2 Å². The molecular weight excluding hydrogens is 604 g/mol. The first kappa shape index (κ1) is 32.4. The molecule has 46 heavy (non-hydrogen) atoms. The Morgan fingerprint density at radius 2 is 1.67 bits per heavy atom. The second-order valence-electron chi connectivity index (χ2n) is 10.6. The molecule has 0 aliphatic carbocycles. The molecule has 0 saturated heterocycles. The van der Waals surface area contributed by atoms with Gasteiger partial charge in [-0.2, -0.15) is 0 Å². The lowest BCUT2D eigenvalue weighted by atomic mass is 9.79. The molecule has 1 aromatic heterocycles. The van der Waals surface area contributed by atoms with E-state index < -0.39 is 14.7 Å². The van der Waals surface area contributed by atoms with Gasteiger partial charge in [0.15, 0.2) is 0 Å². The molecule has 0 aliphatic rings. The predicted molar refractivity (Wildman–Crippen MR) is 181 cm³/mol. The van der Waals surface area contributed by atoms with Crippen molar-refractivity contribution in [3.63, 3.8) is 0 Å². The number of aliphatic imine (C=N–C) groups is 1. The number of hydrogen-bond acceptors (Lipinski definition) is 8. The highest BCUT2D eigenvalue weighted by Crippen LogP contribution is 2.33. The Morgan fingerprint density at radius 1 is 0.978 bits per heavy atom. The molecule has 0 spiro atoms. The smallest absolute Gasteiger partial charge is 0.532 e. The summed E-state index contributed by atoms with van der Waals surface area (Å²) < 4.78 is 17.6. The highest BCUT2D eigenvalue weighted by Gasteiger charge is 2.23. The van der Waals surface area contributed by atoms with E-state index in [9.17, 15) is 24.5 Å². The van der Waals surface area contributed by atoms with Gasteiger partial charge in [0.05, 0.1) is 5.30 Å². The van der Waals surface area contributed by atoms with Crippen molar-refractivity contribution in [1.29, 1.82) is 0 Å². The van der Waals surface area contributed by atoms with Gasteiger partial charge in [0.1, 0.15) is 35.0 Å². The summed E-state index contributed by atoms with van der Waals surface area (Å²) in [6, 6.07) is 22.4. The monoisotopic (exact) mass is 637 g/mol. The van der Waals surface area contributed by atoms with Crippen molar-refractivity contribution in [3.05, 3.63) is 126 Å². The van der Waals surface area contributed by atoms with E-state index in [0.29, 0.717) is 46.9 Å². The molecule has 13 heteroatoms. The molecule has 0 amide bonds. The maximum absolute atomic E-state index is 11.5. The fraction of sp³-hybridized carbons (Fsp3) is 0.121. The second-order valence-corrected chi connectivity index (χ2v) is 12.2. The molecule has 0 unspecified atom stereocenters. The lowest BCUT2D eigenvalue weighted by Crippen LogP contribution is -2.37. The lowest BCUT2D eigenvalue weighted by molar-refractivity contribution is 0.387. The summed E-state index contributed by atoms with van der Waals surface area (Å²) in [6.45, 7) is 8.31. The van der Waals surface area contributed by atoms with Crippen LogP contribution in [0, 0.1) is 13.8 Å². The number of aryl methyl sites for hydroxylation is 1. The number of nitrogens with zero attached hydrogens (tertiary/aromatic N) is 3. The SMILES string of the molecule is C=C/N=C(/NCc1ccc(P(=O)(O)O)cc1)c1ccc(C)c(OB(O)c2ccc(CNc3ncnc4c(O)cccc34)cc2)c1C. The zero-order valence-corrected chi connectivity index (χ0v) is 26.1. The van der Waals surface area contributed by atoms with E-state index in [2.05, 4.69) is 32.2 Å². The first-order valence-corrected chi connectivity index (χ1v) is 15.9. The van der Waals surface area contributed by atoms with Crippen LogP contribution in [0.25, 0.3) is 10.9 Å². The topological polar surface area (TPSA) is 169 Å². The van der Waals surface area contributed by atoms with Gasteiger partial charge in [0.2, 0.25) is 0 Å². The van der Waals surface area contributed by atoms with E-state index in [0.717, 1.165) is 27.8 Å². The third-order valence-electron chi connectivity index (χ3n) is 7.41. The van der Waals surface area contributed by atoms with E-state index in [4.69, 9.17) is 4.65 Å².